The first-order valence-electron chi connectivity index (χ1n) is 5.00. The number of hydrogen-bond acceptors (Lipinski definition) is 4. The van der Waals surface area contributed by atoms with Crippen LogP contribution in [0, 0.1) is 5.41 Å². The number of carboxylic acids is 1. The third kappa shape index (κ3) is 11.4. The van der Waals surface area contributed by atoms with Crippen molar-refractivity contribution in [3.05, 3.63) is 12.7 Å². The van der Waals surface area contributed by atoms with Crippen LogP contribution in [0.3, 0.4) is 0 Å². The van der Waals surface area contributed by atoms with Gasteiger partial charge in [0.05, 0.1) is 6.54 Å². The molecule has 0 aromatic heterocycles. The third-order valence-corrected chi connectivity index (χ3v) is 3.23. The maximum atomic E-state index is 11.2. The third-order valence-electron chi connectivity index (χ3n) is 1.49. The molecule has 0 aromatic carbocycles. The van der Waals surface area contributed by atoms with Crippen molar-refractivity contribution in [2.45, 2.75) is 25.6 Å². The zero-order chi connectivity index (χ0) is 14.1. The minimum Gasteiger partial charge on any atom is -0.480 e. The topological polar surface area (TPSA) is 89.6 Å². The molecule has 0 bridgehead atoms. The fraction of sp³-hybridized carbons (Fsp3) is 0.636. The highest BCUT2D eigenvalue weighted by molar-refractivity contribution is 9.10. The van der Waals surface area contributed by atoms with Crippen molar-refractivity contribution in [2.24, 2.45) is 11.1 Å². The zero-order valence-electron chi connectivity index (χ0n) is 10.4. The largest absolute Gasteiger partial charge is 0.480 e. The van der Waals surface area contributed by atoms with Gasteiger partial charge in [0.25, 0.3) is 0 Å². The lowest BCUT2D eigenvalue weighted by atomic mass is 9.92. The number of carbonyl (C=O) groups is 2. The highest BCUT2D eigenvalue weighted by Gasteiger charge is 2.29. The Morgan fingerprint density at radius 2 is 1.94 bits per heavy atom. The first-order valence-corrected chi connectivity index (χ1v) is 5.91. The summed E-state index contributed by atoms with van der Waals surface area (Å²) >= 11 is 3.29. The summed E-state index contributed by atoms with van der Waals surface area (Å²) in [6, 6.07) is 0. The van der Waals surface area contributed by atoms with Crippen molar-refractivity contribution in [3.63, 3.8) is 0 Å². The van der Waals surface area contributed by atoms with Crippen molar-refractivity contribution in [2.75, 3.05) is 13.2 Å². The highest BCUT2D eigenvalue weighted by Crippen LogP contribution is 2.26. The molecular weight excluding hydrogens is 290 g/mol. The van der Waals surface area contributed by atoms with Crippen LogP contribution < -0.4 is 5.73 Å². The number of carboxylic acid groups (broad SMARTS) is 1. The number of carbonyl (C=O) groups excluding carboxylic acids is 1. The number of halogens is 1. The Morgan fingerprint density at radius 3 is 2.18 bits per heavy atom. The van der Waals surface area contributed by atoms with E-state index in [2.05, 4.69) is 28.2 Å². The molecule has 5 nitrogen and oxygen atoms in total. The van der Waals surface area contributed by atoms with Gasteiger partial charge in [0.1, 0.15) is 11.4 Å². The summed E-state index contributed by atoms with van der Waals surface area (Å²) in [7, 11) is 0. The second-order valence-electron chi connectivity index (χ2n) is 4.25. The van der Waals surface area contributed by atoms with Crippen LogP contribution in [-0.2, 0) is 14.3 Å². The molecule has 0 amide bonds. The lowest BCUT2D eigenvalue weighted by Gasteiger charge is -2.23. The van der Waals surface area contributed by atoms with Crippen LogP contribution in [0.5, 0.6) is 0 Å². The van der Waals surface area contributed by atoms with Crippen LogP contribution >= 0.6 is 15.9 Å². The molecule has 0 aromatic rings. The minimum absolute atomic E-state index is 0.113. The average molecular weight is 310 g/mol. The molecule has 0 heterocycles. The van der Waals surface area contributed by atoms with E-state index in [4.69, 9.17) is 9.84 Å². The van der Waals surface area contributed by atoms with Gasteiger partial charge in [-0.3, -0.25) is 9.59 Å². The summed E-state index contributed by atoms with van der Waals surface area (Å²) in [6.07, 6.45) is 1.56. The maximum absolute atomic E-state index is 11.2. The Bertz CT molecular complexity index is 261. The smallest absolute Gasteiger partial charge is 0.320 e. The molecule has 0 fully saturated rings. The van der Waals surface area contributed by atoms with Crippen LogP contribution in [0.25, 0.3) is 0 Å². The normalized spacial score (nSPS) is 11.8. The van der Waals surface area contributed by atoms with Gasteiger partial charge in [-0.15, -0.1) is 0 Å². The van der Waals surface area contributed by atoms with E-state index in [1.54, 1.807) is 6.08 Å². The molecule has 0 aliphatic rings. The van der Waals surface area contributed by atoms with E-state index in [0.717, 1.165) is 0 Å². The number of esters is 1. The molecule has 0 radical (unpaired) electrons. The Labute approximate surface area is 110 Å². The fourth-order valence-electron chi connectivity index (χ4n) is 0.568. The molecule has 0 spiro atoms. The van der Waals surface area contributed by atoms with Gasteiger partial charge in [0, 0.05) is 0 Å². The minimum atomic E-state index is -0.968. The summed E-state index contributed by atoms with van der Waals surface area (Å²) in [5.41, 5.74) is 4.46. The summed E-state index contributed by atoms with van der Waals surface area (Å²) in [4.78, 5) is 20.2. The molecule has 3 N–H and O–H groups in total. The molecule has 6 heteroatoms. The van der Waals surface area contributed by atoms with Crippen LogP contribution in [-0.4, -0.2) is 35.0 Å². The average Bonchev–Trinajstić information content (AvgIpc) is 2.24. The maximum Gasteiger partial charge on any atom is 0.320 e. The Hall–Kier alpha value is -0.880. The molecule has 0 aliphatic heterocycles. The highest BCUT2D eigenvalue weighted by atomic mass is 79.9. The van der Waals surface area contributed by atoms with Gasteiger partial charge in [-0.05, 0) is 5.41 Å². The molecule has 17 heavy (non-hydrogen) atoms. The van der Waals surface area contributed by atoms with E-state index in [1.165, 1.54) is 0 Å². The van der Waals surface area contributed by atoms with Gasteiger partial charge in [-0.2, -0.15) is 0 Å². The van der Waals surface area contributed by atoms with Gasteiger partial charge < -0.3 is 15.6 Å². The van der Waals surface area contributed by atoms with Crippen molar-refractivity contribution >= 4 is 27.9 Å². The quantitative estimate of drug-likeness (QED) is 0.467. The SMILES string of the molecule is C=CCOC(=O)C(Br)C(C)(C)C.NCC(=O)O. The number of rotatable bonds is 4. The van der Waals surface area contributed by atoms with Gasteiger partial charge >= 0.3 is 11.9 Å². The standard InChI is InChI=1S/C9H15BrO2.C2H5NO2/c1-5-6-12-8(11)7(10)9(2,3)4;3-1-2(4)5/h5,7H,1,6H2,2-4H3;1,3H2,(H,4,5). The Kier molecular flexibility index (Phi) is 9.98. The lowest BCUT2D eigenvalue weighted by Crippen LogP contribution is -2.30. The van der Waals surface area contributed by atoms with Crippen LogP contribution in [0.2, 0.25) is 0 Å². The van der Waals surface area contributed by atoms with Gasteiger partial charge in [0.2, 0.25) is 0 Å². The van der Waals surface area contributed by atoms with Crippen molar-refractivity contribution in [1.82, 2.24) is 0 Å². The van der Waals surface area contributed by atoms with E-state index >= 15 is 0 Å². The Balaban J connectivity index is 0. The molecule has 100 valence electrons. The van der Waals surface area contributed by atoms with Crippen molar-refractivity contribution < 1.29 is 19.4 Å². The fourth-order valence-corrected chi connectivity index (χ4v) is 0.700. The predicted octanol–water partition coefficient (Wildman–Crippen LogP) is 1.55. The van der Waals surface area contributed by atoms with Gasteiger partial charge in [-0.25, -0.2) is 0 Å². The Morgan fingerprint density at radius 1 is 1.53 bits per heavy atom. The molecular formula is C11H20BrNO4. The van der Waals surface area contributed by atoms with E-state index in [9.17, 15) is 9.59 Å². The second-order valence-corrected chi connectivity index (χ2v) is 5.16. The summed E-state index contributed by atoms with van der Waals surface area (Å²) < 4.78 is 4.88. The first kappa shape index (κ1) is 18.5. The van der Waals surface area contributed by atoms with Gasteiger partial charge in [0.15, 0.2) is 0 Å². The number of ether oxygens (including phenoxy) is 1. The van der Waals surface area contributed by atoms with E-state index in [0.29, 0.717) is 0 Å². The number of alkyl halides is 1. The zero-order valence-corrected chi connectivity index (χ0v) is 12.0. The van der Waals surface area contributed by atoms with E-state index < -0.39 is 5.97 Å². The molecule has 0 saturated heterocycles. The number of aliphatic carboxylic acids is 1. The van der Waals surface area contributed by atoms with E-state index in [1.807, 2.05) is 20.8 Å². The van der Waals surface area contributed by atoms with Crippen molar-refractivity contribution in [3.8, 4) is 0 Å². The molecule has 0 aliphatic carbocycles. The van der Waals surface area contributed by atoms with Gasteiger partial charge in [-0.1, -0.05) is 49.4 Å². The van der Waals surface area contributed by atoms with Crippen LogP contribution in [0.1, 0.15) is 20.8 Å². The summed E-state index contributed by atoms with van der Waals surface area (Å²) in [6.45, 7) is 9.38. The number of hydrogen-bond donors (Lipinski definition) is 2. The van der Waals surface area contributed by atoms with Crippen LogP contribution in [0.4, 0.5) is 0 Å². The molecule has 0 saturated carbocycles. The van der Waals surface area contributed by atoms with E-state index in [-0.39, 0.29) is 29.4 Å². The monoisotopic (exact) mass is 309 g/mol. The van der Waals surface area contributed by atoms with Crippen LogP contribution in [0.15, 0.2) is 12.7 Å². The molecule has 1 unspecified atom stereocenters. The second kappa shape index (κ2) is 9.18. The summed E-state index contributed by atoms with van der Waals surface area (Å²) in [5.74, 6) is -1.20. The summed E-state index contributed by atoms with van der Waals surface area (Å²) in [5, 5.41) is 7.60. The molecule has 0 rings (SSSR count). The molecule has 1 atom stereocenters. The lowest BCUT2D eigenvalue weighted by molar-refractivity contribution is -0.143. The van der Waals surface area contributed by atoms with Crippen molar-refractivity contribution in [1.29, 1.82) is 0 Å². The predicted molar refractivity (Wildman–Crippen MR) is 70.0 cm³/mol. The first-order chi connectivity index (χ1) is 7.66. The number of nitrogens with two attached hydrogens (primary N) is 1.